The summed E-state index contributed by atoms with van der Waals surface area (Å²) in [5.74, 6) is 1.42. The van der Waals surface area contributed by atoms with Crippen LogP contribution in [-0.2, 0) is 10.5 Å². The van der Waals surface area contributed by atoms with E-state index in [2.05, 4.69) is 112 Å². The number of imidazole rings is 2. The summed E-state index contributed by atoms with van der Waals surface area (Å²) in [5.41, 5.74) is 13.9. The van der Waals surface area contributed by atoms with Crippen molar-refractivity contribution in [3.8, 4) is 73.0 Å². The molecule has 3 aromatic heterocycles. The number of benzene rings is 7. The third-order valence-corrected chi connectivity index (χ3v) is 19.7. The van der Waals surface area contributed by atoms with Crippen LogP contribution in [0.1, 0.15) is 65.1 Å². The van der Waals surface area contributed by atoms with Crippen LogP contribution in [0.25, 0.3) is 89.3 Å². The molecule has 1 aliphatic heterocycles. The van der Waals surface area contributed by atoms with Crippen molar-refractivity contribution in [2.75, 3.05) is 0 Å². The molecule has 4 heterocycles. The van der Waals surface area contributed by atoms with Crippen molar-refractivity contribution in [2.24, 2.45) is 0 Å². The van der Waals surface area contributed by atoms with Gasteiger partial charge in [-0.2, -0.15) is 0 Å². The summed E-state index contributed by atoms with van der Waals surface area (Å²) in [6, 6.07) is 44.4. The Bertz CT molecular complexity index is 3890. The van der Waals surface area contributed by atoms with E-state index in [0.717, 1.165) is 83.0 Å². The van der Waals surface area contributed by atoms with Crippen LogP contribution in [0.3, 0.4) is 0 Å². The molecule has 0 spiro atoms. The Morgan fingerprint density at radius 2 is 1.32 bits per heavy atom. The molecule has 7 aromatic carbocycles. The van der Waals surface area contributed by atoms with Gasteiger partial charge in [0.05, 0.1) is 41.5 Å². The summed E-state index contributed by atoms with van der Waals surface area (Å²) in [7, 11) is -2.92. The van der Waals surface area contributed by atoms with Crippen molar-refractivity contribution in [2.45, 2.75) is 71.9 Å². The second-order valence-corrected chi connectivity index (χ2v) is 24.8. The minimum Gasteiger partial charge on any atom is -0.457 e. The smallest absolute Gasteiger partial charge is 0.220 e. The molecule has 6 nitrogen and oxygen atoms in total. The maximum absolute atomic E-state index is 9.87. The van der Waals surface area contributed by atoms with Gasteiger partial charge in [-0.25, -0.2) is 15.0 Å². The third kappa shape index (κ3) is 5.54. The van der Waals surface area contributed by atoms with Gasteiger partial charge in [0, 0.05) is 31.1 Å². The number of hydrogen-bond acceptors (Lipinski definition) is 4. The second kappa shape index (κ2) is 13.7. The van der Waals surface area contributed by atoms with E-state index in [0.29, 0.717) is 34.1 Å². The molecular weight excluding hydrogens is 811 g/mol. The zero-order chi connectivity index (χ0) is 49.7. The van der Waals surface area contributed by atoms with E-state index in [1.54, 1.807) is 18.5 Å². The van der Waals surface area contributed by atoms with Gasteiger partial charge < -0.3 is 4.74 Å². The third-order valence-electron chi connectivity index (χ3n) is 14.6. The van der Waals surface area contributed by atoms with Gasteiger partial charge in [-0.1, -0.05) is 133 Å². The highest BCUT2D eigenvalue weighted by atomic mass is 28.3. The van der Waals surface area contributed by atoms with E-state index >= 15 is 0 Å². The molecule has 0 N–H and O–H groups in total. The molecule has 0 unspecified atom stereocenters. The predicted molar refractivity (Wildman–Crippen MR) is 271 cm³/mol. The van der Waals surface area contributed by atoms with E-state index in [1.165, 1.54) is 0 Å². The van der Waals surface area contributed by atoms with E-state index in [1.807, 2.05) is 77.5 Å². The number of para-hydroxylation sites is 4. The molecule has 65 heavy (non-hydrogen) atoms. The van der Waals surface area contributed by atoms with Crippen LogP contribution in [0.4, 0.5) is 0 Å². The summed E-state index contributed by atoms with van der Waals surface area (Å²) in [6.45, 7) is 10.4. The molecule has 1 aliphatic carbocycles. The fourth-order valence-corrected chi connectivity index (χ4v) is 13.4. The van der Waals surface area contributed by atoms with Gasteiger partial charge in [0.15, 0.2) is 0 Å². The highest BCUT2D eigenvalue weighted by Crippen LogP contribution is 2.54. The molecule has 7 heteroatoms. The molecular formula is C58H51N5OSi. The van der Waals surface area contributed by atoms with Crippen LogP contribution >= 0.6 is 0 Å². The minimum atomic E-state index is -2.92. The number of aryl methyl sites for hydroxylation is 1. The number of rotatable bonds is 2. The first kappa shape index (κ1) is 33.4. The zero-order valence-corrected chi connectivity index (χ0v) is 38.5. The van der Waals surface area contributed by atoms with E-state index in [9.17, 15) is 4.11 Å². The fraction of sp³-hybridized carbons (Fsp3) is 0.190. The van der Waals surface area contributed by atoms with Crippen LogP contribution in [0.5, 0.6) is 11.5 Å². The number of nitrogens with zero attached hydrogens (tertiary/aromatic N) is 5. The molecule has 0 saturated carbocycles. The first-order valence-corrected chi connectivity index (χ1v) is 25.3. The Hall–Kier alpha value is -7.09. The number of ether oxygens (including phenoxy) is 1. The summed E-state index contributed by atoms with van der Waals surface area (Å²) in [5, 5.41) is 0.353. The normalized spacial score (nSPS) is 16.4. The maximum atomic E-state index is 9.87. The van der Waals surface area contributed by atoms with E-state index < -0.39 is 32.2 Å². The van der Waals surface area contributed by atoms with Gasteiger partial charge in [-0.3, -0.25) is 8.97 Å². The topological polar surface area (TPSA) is 57.2 Å². The van der Waals surface area contributed by atoms with Crippen LogP contribution in [0, 0.1) is 13.7 Å². The highest BCUT2D eigenvalue weighted by molar-refractivity contribution is 6.93. The van der Waals surface area contributed by atoms with Gasteiger partial charge in [0.25, 0.3) is 0 Å². The monoisotopic (exact) mass is 867 g/mol. The quantitative estimate of drug-likeness (QED) is 0.162. The number of hydrogen-bond donors (Lipinski definition) is 0. The Morgan fingerprint density at radius 3 is 2.06 bits per heavy atom. The van der Waals surface area contributed by atoms with Gasteiger partial charge in [-0.05, 0) is 134 Å². The molecule has 0 bridgehead atoms. The molecule has 0 radical (unpaired) electrons. The lowest BCUT2D eigenvalue weighted by Gasteiger charge is -2.40. The zero-order valence-electron chi connectivity index (χ0n) is 43.5. The highest BCUT2D eigenvalue weighted by Gasteiger charge is 2.48. The first-order chi connectivity index (χ1) is 33.7. The summed E-state index contributed by atoms with van der Waals surface area (Å²) in [6.07, 6.45) is 3.47. The van der Waals surface area contributed by atoms with E-state index in [-0.39, 0.29) is 11.1 Å². The standard InChI is InChI=1S/C58H51N5OSi/c1-34-26-27-44-51(28-34)64-55-52(65(8,9)58(44,6)7)31-50(63-49-25-17-16-24-48(49)62-47-23-15-14-22-46(47)61-56(62)63)35(2)53(55)42-29-40-38-20-12-13-21-39(38)54-43(32-59-33-60-54)37-19-11-10-18-36(37)41(40)30-45(42)57(3,4)5/h10-33H,1-9H3/i1D3,2D3. The van der Waals surface area contributed by atoms with E-state index in [4.69, 9.17) is 18.8 Å². The lowest BCUT2D eigenvalue weighted by molar-refractivity contribution is 0.477. The molecule has 0 atom stereocenters. The average Bonchev–Trinajstić information content (AvgIpc) is 3.85. The molecule has 10 aromatic rings. The van der Waals surface area contributed by atoms with Crippen molar-refractivity contribution in [3.63, 3.8) is 0 Å². The average molecular weight is 868 g/mol. The predicted octanol–water partition coefficient (Wildman–Crippen LogP) is 14.3. The molecule has 12 rings (SSSR count). The van der Waals surface area contributed by atoms with Crippen LogP contribution in [0.15, 0.2) is 146 Å². The fourth-order valence-electron chi connectivity index (χ4n) is 10.6. The van der Waals surface area contributed by atoms with Crippen molar-refractivity contribution < 1.29 is 13.0 Å². The maximum Gasteiger partial charge on any atom is 0.220 e. The van der Waals surface area contributed by atoms with Gasteiger partial charge in [-0.15, -0.1) is 0 Å². The van der Waals surface area contributed by atoms with Crippen LogP contribution < -0.4 is 9.92 Å². The minimum absolute atomic E-state index is 0.104. The van der Waals surface area contributed by atoms with Crippen molar-refractivity contribution in [1.82, 2.24) is 23.9 Å². The summed E-state index contributed by atoms with van der Waals surface area (Å²) < 4.78 is 66.7. The second-order valence-electron chi connectivity index (χ2n) is 19.7. The van der Waals surface area contributed by atoms with Gasteiger partial charge >= 0.3 is 0 Å². The van der Waals surface area contributed by atoms with Gasteiger partial charge in [0.1, 0.15) is 17.8 Å². The summed E-state index contributed by atoms with van der Waals surface area (Å²) in [4.78, 5) is 14.7. The van der Waals surface area contributed by atoms with Gasteiger partial charge in [0.2, 0.25) is 5.78 Å². The molecule has 318 valence electrons. The Morgan fingerprint density at radius 1 is 0.662 bits per heavy atom. The molecule has 2 aliphatic rings. The Labute approximate surface area is 389 Å². The lowest BCUT2D eigenvalue weighted by Crippen LogP contribution is -2.56. The Balaban J connectivity index is 1.31. The lowest BCUT2D eigenvalue weighted by atomic mass is 9.75. The van der Waals surface area contributed by atoms with Crippen molar-refractivity contribution in [1.29, 1.82) is 0 Å². The van der Waals surface area contributed by atoms with Crippen LogP contribution in [-0.4, -0.2) is 32.0 Å². The summed E-state index contributed by atoms with van der Waals surface area (Å²) >= 11 is 0. The Kier molecular flexibility index (Phi) is 7.05. The molecule has 0 saturated heterocycles. The first-order valence-electron chi connectivity index (χ1n) is 25.3. The van der Waals surface area contributed by atoms with Crippen molar-refractivity contribution in [3.05, 3.63) is 168 Å². The molecule has 0 amide bonds. The van der Waals surface area contributed by atoms with Crippen LogP contribution in [0.2, 0.25) is 13.1 Å². The largest absolute Gasteiger partial charge is 0.457 e. The van der Waals surface area contributed by atoms with Crippen molar-refractivity contribution >= 4 is 41.1 Å². The molecule has 0 fully saturated rings. The SMILES string of the molecule is [2H]C([2H])([2H])c1ccc2c(c1)Oc1c(cc(-n3c4ccccc4n4c5ccccc5nc34)c(C([2H])([2H])[2H])c1-c1cc3c(cc1C(C)(C)C)-c1ccccc1-c1cncnc1-c1ccccc1-3)[Si](C)(C)C2(C)C. The number of fused-ring (bicyclic) bond motifs is 15. The number of aromatic nitrogens is 5.